The molecule has 3 atom stereocenters. The zero-order valence-electron chi connectivity index (χ0n) is 13.4. The molecule has 2 aliphatic carbocycles. The molecule has 1 aromatic rings. The molecule has 1 heterocycles. The number of esters is 1. The zero-order chi connectivity index (χ0) is 15.7. The van der Waals surface area contributed by atoms with Crippen LogP contribution in [0.1, 0.15) is 73.9 Å². The monoisotopic (exact) mass is 298 g/mol. The topological polar surface area (TPSA) is 43.4 Å². The summed E-state index contributed by atoms with van der Waals surface area (Å²) in [7, 11) is 0. The lowest BCUT2D eigenvalue weighted by molar-refractivity contribution is -0.153. The molecule has 2 bridgehead atoms. The third-order valence-electron chi connectivity index (χ3n) is 6.17. The molecule has 1 aromatic carbocycles. The third kappa shape index (κ3) is 1.52. The molecule has 22 heavy (non-hydrogen) atoms. The molecule has 0 spiro atoms. The van der Waals surface area contributed by atoms with E-state index in [4.69, 9.17) is 4.74 Å². The highest BCUT2D eigenvalue weighted by atomic mass is 16.6. The number of ketones is 1. The van der Waals surface area contributed by atoms with Crippen LogP contribution in [0.3, 0.4) is 0 Å². The van der Waals surface area contributed by atoms with Crippen LogP contribution in [0.25, 0.3) is 0 Å². The van der Waals surface area contributed by atoms with Gasteiger partial charge < -0.3 is 4.74 Å². The number of hydrogen-bond acceptors (Lipinski definition) is 3. The van der Waals surface area contributed by atoms with Gasteiger partial charge >= 0.3 is 5.97 Å². The second-order valence-corrected chi connectivity index (χ2v) is 7.69. The van der Waals surface area contributed by atoms with Crippen molar-refractivity contribution < 1.29 is 14.3 Å². The Labute approximate surface area is 131 Å². The van der Waals surface area contributed by atoms with E-state index in [1.165, 1.54) is 5.56 Å². The number of hydrogen-bond donors (Lipinski definition) is 0. The Morgan fingerprint density at radius 3 is 2.73 bits per heavy atom. The molecule has 0 N–H and O–H groups in total. The molecule has 0 unspecified atom stereocenters. The van der Waals surface area contributed by atoms with Gasteiger partial charge in [-0.15, -0.1) is 0 Å². The second kappa shape index (κ2) is 4.21. The molecule has 0 amide bonds. The Morgan fingerprint density at radius 1 is 1.23 bits per heavy atom. The summed E-state index contributed by atoms with van der Waals surface area (Å²) in [5.74, 6) is 0.454. The first-order valence-electron chi connectivity index (χ1n) is 8.29. The highest BCUT2D eigenvalue weighted by Crippen LogP contribution is 2.63. The molecular weight excluding hydrogens is 276 g/mol. The molecule has 1 aliphatic heterocycles. The largest absolute Gasteiger partial charge is 0.453 e. The fraction of sp³-hybridized carbons (Fsp3) is 0.579. The number of carbonyl (C=O) groups excluding carboxylic acids is 2. The van der Waals surface area contributed by atoms with Crippen molar-refractivity contribution in [3.8, 4) is 0 Å². The summed E-state index contributed by atoms with van der Waals surface area (Å²) in [6.45, 7) is 6.24. The van der Waals surface area contributed by atoms with Crippen molar-refractivity contribution in [3.05, 3.63) is 34.9 Å². The molecule has 0 radical (unpaired) electrons. The van der Waals surface area contributed by atoms with Crippen LogP contribution in [0.5, 0.6) is 0 Å². The van der Waals surface area contributed by atoms with Crippen molar-refractivity contribution in [1.82, 2.24) is 0 Å². The SMILES string of the molecule is CC(C)c1ccc2c(c1)C(=O)C[C@H]1[C@@]3(C)CCC[C@]21OC3=O. The van der Waals surface area contributed by atoms with Crippen LogP contribution in [-0.2, 0) is 15.1 Å². The number of Topliss-reactive ketones (excluding diaryl/α,β-unsaturated/α-hetero) is 1. The number of fused-ring (bicyclic) bond motifs is 1. The molecule has 4 rings (SSSR count). The lowest BCUT2D eigenvalue weighted by Gasteiger charge is -2.45. The van der Waals surface area contributed by atoms with Gasteiger partial charge in [-0.2, -0.15) is 0 Å². The van der Waals surface area contributed by atoms with Crippen molar-refractivity contribution in [2.75, 3.05) is 0 Å². The Hall–Kier alpha value is -1.64. The normalized spacial score (nSPS) is 36.1. The fourth-order valence-electron chi connectivity index (χ4n) is 4.81. The molecule has 0 aromatic heterocycles. The third-order valence-corrected chi connectivity index (χ3v) is 6.17. The minimum absolute atomic E-state index is 0.00569. The van der Waals surface area contributed by atoms with Gasteiger partial charge in [0.05, 0.1) is 5.41 Å². The highest BCUT2D eigenvalue weighted by Gasteiger charge is 2.67. The molecule has 3 nitrogen and oxygen atoms in total. The maximum Gasteiger partial charge on any atom is 0.313 e. The number of ether oxygens (including phenoxy) is 1. The zero-order valence-corrected chi connectivity index (χ0v) is 13.4. The summed E-state index contributed by atoms with van der Waals surface area (Å²) in [6.07, 6.45) is 3.11. The van der Waals surface area contributed by atoms with Crippen LogP contribution in [-0.4, -0.2) is 11.8 Å². The van der Waals surface area contributed by atoms with Gasteiger partial charge in [0.15, 0.2) is 5.78 Å². The molecule has 1 saturated heterocycles. The molecule has 2 fully saturated rings. The Morgan fingerprint density at radius 2 is 2.00 bits per heavy atom. The first kappa shape index (κ1) is 14.0. The van der Waals surface area contributed by atoms with Crippen LogP contribution < -0.4 is 0 Å². The van der Waals surface area contributed by atoms with Gasteiger partial charge in [0, 0.05) is 23.5 Å². The van der Waals surface area contributed by atoms with Gasteiger partial charge in [-0.05, 0) is 43.7 Å². The lowest BCUT2D eigenvalue weighted by Crippen LogP contribution is -2.46. The maximum atomic E-state index is 12.7. The van der Waals surface area contributed by atoms with E-state index in [0.717, 1.165) is 30.4 Å². The molecule has 3 heteroatoms. The van der Waals surface area contributed by atoms with E-state index in [2.05, 4.69) is 19.9 Å². The Bertz CT molecular complexity index is 690. The molecule has 116 valence electrons. The summed E-state index contributed by atoms with van der Waals surface area (Å²) in [5.41, 5.74) is 1.87. The predicted molar refractivity (Wildman–Crippen MR) is 82.7 cm³/mol. The van der Waals surface area contributed by atoms with E-state index < -0.39 is 11.0 Å². The summed E-state index contributed by atoms with van der Waals surface area (Å²) in [5, 5.41) is 0. The summed E-state index contributed by atoms with van der Waals surface area (Å²) in [6, 6.07) is 6.15. The Balaban J connectivity index is 1.93. The first-order valence-corrected chi connectivity index (χ1v) is 8.29. The van der Waals surface area contributed by atoms with Crippen LogP contribution >= 0.6 is 0 Å². The standard InChI is InChI=1S/C19H22O3/c1-11(2)12-5-6-14-13(9-12)15(20)10-16-18(3)7-4-8-19(14,16)22-17(18)21/h5-6,9,11,16H,4,7-8,10H2,1-3H3/t16-,18+,19-/m0/s1. The van der Waals surface area contributed by atoms with Crippen molar-refractivity contribution in [2.24, 2.45) is 11.3 Å². The van der Waals surface area contributed by atoms with Gasteiger partial charge in [-0.1, -0.05) is 26.0 Å². The van der Waals surface area contributed by atoms with E-state index in [1.807, 2.05) is 19.1 Å². The average Bonchev–Trinajstić information content (AvgIpc) is 2.61. The van der Waals surface area contributed by atoms with Crippen molar-refractivity contribution in [3.63, 3.8) is 0 Å². The van der Waals surface area contributed by atoms with Gasteiger partial charge in [0.1, 0.15) is 5.60 Å². The molecular formula is C19H22O3. The predicted octanol–water partition coefficient (Wildman–Crippen LogP) is 3.95. The second-order valence-electron chi connectivity index (χ2n) is 7.69. The van der Waals surface area contributed by atoms with Crippen LogP contribution in [0, 0.1) is 11.3 Å². The maximum absolute atomic E-state index is 12.7. The smallest absolute Gasteiger partial charge is 0.313 e. The van der Waals surface area contributed by atoms with Gasteiger partial charge in [-0.3, -0.25) is 9.59 Å². The summed E-state index contributed by atoms with van der Waals surface area (Å²) in [4.78, 5) is 25.2. The first-order chi connectivity index (χ1) is 10.4. The lowest BCUT2D eigenvalue weighted by atomic mass is 9.56. The molecule has 1 saturated carbocycles. The highest BCUT2D eigenvalue weighted by molar-refractivity contribution is 6.01. The van der Waals surface area contributed by atoms with E-state index in [0.29, 0.717) is 12.3 Å². The van der Waals surface area contributed by atoms with Crippen molar-refractivity contribution in [1.29, 1.82) is 0 Å². The number of rotatable bonds is 1. The van der Waals surface area contributed by atoms with Gasteiger partial charge in [0.25, 0.3) is 0 Å². The van der Waals surface area contributed by atoms with E-state index in [9.17, 15) is 9.59 Å². The minimum Gasteiger partial charge on any atom is -0.453 e. The van der Waals surface area contributed by atoms with Crippen LogP contribution in [0.4, 0.5) is 0 Å². The molecule has 3 aliphatic rings. The quantitative estimate of drug-likeness (QED) is 0.737. The minimum atomic E-state index is -0.553. The van der Waals surface area contributed by atoms with Crippen molar-refractivity contribution >= 4 is 11.8 Å². The van der Waals surface area contributed by atoms with Gasteiger partial charge in [0.2, 0.25) is 0 Å². The average molecular weight is 298 g/mol. The van der Waals surface area contributed by atoms with Gasteiger partial charge in [-0.25, -0.2) is 0 Å². The van der Waals surface area contributed by atoms with E-state index >= 15 is 0 Å². The number of carbonyl (C=O) groups is 2. The Kier molecular flexibility index (Phi) is 2.68. The van der Waals surface area contributed by atoms with Crippen LogP contribution in [0.2, 0.25) is 0 Å². The summed E-state index contributed by atoms with van der Waals surface area (Å²) < 4.78 is 5.96. The van der Waals surface area contributed by atoms with Crippen LogP contribution in [0.15, 0.2) is 18.2 Å². The summed E-state index contributed by atoms with van der Waals surface area (Å²) >= 11 is 0. The van der Waals surface area contributed by atoms with E-state index in [-0.39, 0.29) is 17.7 Å². The number of benzene rings is 1. The van der Waals surface area contributed by atoms with E-state index in [1.54, 1.807) is 0 Å². The van der Waals surface area contributed by atoms with Crippen molar-refractivity contribution in [2.45, 2.75) is 58.0 Å². The fourth-order valence-corrected chi connectivity index (χ4v) is 4.81.